The molecule has 0 radical (unpaired) electrons. The fourth-order valence-corrected chi connectivity index (χ4v) is 5.75. The number of fused-ring (bicyclic) bond motifs is 2. The lowest BCUT2D eigenvalue weighted by molar-refractivity contribution is 0.100. The first-order valence-electron chi connectivity index (χ1n) is 7.65. The highest BCUT2D eigenvalue weighted by atomic mass is 79.9. The average molecular weight is 426 g/mol. The third-order valence-corrected chi connectivity index (χ3v) is 7.28. The molecule has 1 aliphatic carbocycles. The molecule has 1 amide bonds. The number of carbonyl (C=O) groups excluding carboxylic acids is 1. The number of anilines is 1. The molecule has 7 heteroatoms. The quantitative estimate of drug-likeness (QED) is 0.749. The molecule has 2 aromatic heterocycles. The summed E-state index contributed by atoms with van der Waals surface area (Å²) >= 11 is 6.60. The predicted molar refractivity (Wildman–Crippen MR) is 109 cm³/mol. The van der Waals surface area contributed by atoms with Crippen molar-refractivity contribution in [3.8, 4) is 0 Å². The molecule has 0 bridgehead atoms. The number of hydrogen-bond acceptors (Lipinski definition) is 5. The predicted octanol–water partition coefficient (Wildman–Crippen LogP) is 4.65. The van der Waals surface area contributed by atoms with E-state index < -0.39 is 5.91 Å². The van der Waals surface area contributed by atoms with Crippen LogP contribution in [0.25, 0.3) is 15.1 Å². The Morgan fingerprint density at radius 1 is 1.42 bits per heavy atom. The van der Waals surface area contributed by atoms with Crippen LogP contribution >= 0.6 is 39.0 Å². The first-order chi connectivity index (χ1) is 11.2. The van der Waals surface area contributed by atoms with Crippen molar-refractivity contribution >= 4 is 65.7 Å². The monoisotopic (exact) mass is 425 g/mol. The third kappa shape index (κ3) is 2.57. The molecule has 128 valence electrons. The molecule has 0 saturated heterocycles. The molecule has 0 saturated carbocycles. The second-order valence-corrected chi connectivity index (χ2v) is 9.66. The van der Waals surface area contributed by atoms with E-state index in [1.54, 1.807) is 11.8 Å². The highest BCUT2D eigenvalue weighted by molar-refractivity contribution is 9.12. The van der Waals surface area contributed by atoms with Crippen LogP contribution in [0.1, 0.15) is 53.7 Å². The van der Waals surface area contributed by atoms with Gasteiger partial charge in [0.05, 0.1) is 11.4 Å². The fourth-order valence-electron chi connectivity index (χ4n) is 3.40. The van der Waals surface area contributed by atoms with E-state index in [2.05, 4.69) is 36.0 Å². The van der Waals surface area contributed by atoms with E-state index in [0.717, 1.165) is 43.7 Å². The van der Waals surface area contributed by atoms with Crippen molar-refractivity contribution in [3.63, 3.8) is 0 Å². The highest BCUT2D eigenvalue weighted by Crippen LogP contribution is 2.49. The largest absolute Gasteiger partial charge is 0.397 e. The first kappa shape index (κ1) is 17.8. The summed E-state index contributed by atoms with van der Waals surface area (Å²) in [6.07, 6.45) is 4.08. The fraction of sp³-hybridized carbons (Fsp3) is 0.412. The summed E-state index contributed by atoms with van der Waals surface area (Å²) in [7, 11) is 0. The number of aromatic nitrogens is 1. The molecule has 0 fully saturated rings. The van der Waals surface area contributed by atoms with Gasteiger partial charge in [-0.05, 0) is 31.6 Å². The lowest BCUT2D eigenvalue weighted by Crippen LogP contribution is -2.14. The Hall–Kier alpha value is -1.05. The Kier molecular flexibility index (Phi) is 4.47. The molecule has 2 aromatic rings. The Morgan fingerprint density at radius 3 is 2.62 bits per heavy atom. The molecule has 4 N–H and O–H groups in total. The minimum atomic E-state index is -0.494. The normalized spacial score (nSPS) is 17.0. The number of carbonyl (C=O) groups is 1. The number of nitrogens with zero attached hydrogens (tertiary/aromatic N) is 1. The second-order valence-electron chi connectivity index (χ2n) is 6.65. The molecule has 0 atom stereocenters. The van der Waals surface area contributed by atoms with Crippen LogP contribution in [-0.4, -0.2) is 17.1 Å². The smallest absolute Gasteiger partial charge is 0.260 e. The van der Waals surface area contributed by atoms with Crippen LogP contribution < -0.4 is 11.5 Å². The van der Waals surface area contributed by atoms with Crippen molar-refractivity contribution in [3.05, 3.63) is 26.2 Å². The summed E-state index contributed by atoms with van der Waals surface area (Å²) in [5, 5.41) is 0.869. The van der Waals surface area contributed by atoms with Crippen molar-refractivity contribution in [1.82, 2.24) is 4.98 Å². The van der Waals surface area contributed by atoms with E-state index in [9.17, 15) is 4.79 Å². The Balaban J connectivity index is 2.51. The van der Waals surface area contributed by atoms with Crippen molar-refractivity contribution in [2.45, 2.75) is 39.0 Å². The maximum Gasteiger partial charge on any atom is 0.260 e. The molecule has 24 heavy (non-hydrogen) atoms. The SMILES string of the molecule is CSC(=C(C)Br)c1c2c(nc3sc(C(N)=O)c(N)c13)C(C)(C)CC2. The summed E-state index contributed by atoms with van der Waals surface area (Å²) in [6.45, 7) is 6.47. The van der Waals surface area contributed by atoms with Crippen molar-refractivity contribution in [2.75, 3.05) is 12.0 Å². The van der Waals surface area contributed by atoms with Gasteiger partial charge in [0.25, 0.3) is 5.91 Å². The molecular formula is C17H20BrN3OS2. The zero-order chi connectivity index (χ0) is 17.8. The Morgan fingerprint density at radius 2 is 2.08 bits per heavy atom. The van der Waals surface area contributed by atoms with Crippen LogP contribution in [0, 0.1) is 0 Å². The number of thiophene rings is 1. The molecular weight excluding hydrogens is 406 g/mol. The zero-order valence-corrected chi connectivity index (χ0v) is 17.3. The number of pyridine rings is 1. The van der Waals surface area contributed by atoms with Crippen LogP contribution in [0.3, 0.4) is 0 Å². The van der Waals surface area contributed by atoms with Gasteiger partial charge in [-0.25, -0.2) is 4.98 Å². The number of nitrogen functional groups attached to an aromatic ring is 1. The number of hydrogen-bond donors (Lipinski definition) is 2. The van der Waals surface area contributed by atoms with E-state index in [4.69, 9.17) is 16.5 Å². The van der Waals surface area contributed by atoms with Gasteiger partial charge in [0.1, 0.15) is 9.71 Å². The van der Waals surface area contributed by atoms with E-state index >= 15 is 0 Å². The first-order valence-corrected chi connectivity index (χ1v) is 10.5. The molecule has 0 spiro atoms. The number of rotatable bonds is 3. The number of amides is 1. The Bertz CT molecular complexity index is 895. The number of nitrogens with two attached hydrogens (primary N) is 2. The van der Waals surface area contributed by atoms with Gasteiger partial charge in [-0.15, -0.1) is 23.1 Å². The van der Waals surface area contributed by atoms with Gasteiger partial charge >= 0.3 is 0 Å². The van der Waals surface area contributed by atoms with Crippen LogP contribution in [0.2, 0.25) is 0 Å². The molecule has 0 aromatic carbocycles. The van der Waals surface area contributed by atoms with Gasteiger partial charge in [-0.1, -0.05) is 29.8 Å². The van der Waals surface area contributed by atoms with Gasteiger partial charge in [0.2, 0.25) is 0 Å². The Labute approximate surface area is 158 Å². The van der Waals surface area contributed by atoms with Gasteiger partial charge in [-0.2, -0.15) is 0 Å². The standard InChI is InChI=1S/C17H20BrN3OS2/c1-7(18)12(23-4)9-8-5-6-17(2,3)14(8)21-16-10(9)11(19)13(24-16)15(20)22/h5-6,19H2,1-4H3,(H2,20,22). The van der Waals surface area contributed by atoms with E-state index in [0.29, 0.717) is 10.6 Å². The topological polar surface area (TPSA) is 82.0 Å². The summed E-state index contributed by atoms with van der Waals surface area (Å²) in [4.78, 5) is 19.0. The number of allylic oxidation sites excluding steroid dienone is 1. The summed E-state index contributed by atoms with van der Waals surface area (Å²) < 4.78 is 1.06. The molecule has 4 nitrogen and oxygen atoms in total. The maximum absolute atomic E-state index is 11.8. The summed E-state index contributed by atoms with van der Waals surface area (Å²) in [6, 6.07) is 0. The lowest BCUT2D eigenvalue weighted by Gasteiger charge is -2.19. The molecule has 2 heterocycles. The van der Waals surface area contributed by atoms with Crippen molar-refractivity contribution in [2.24, 2.45) is 5.73 Å². The van der Waals surface area contributed by atoms with Crippen molar-refractivity contribution < 1.29 is 4.79 Å². The minimum Gasteiger partial charge on any atom is -0.397 e. The van der Waals surface area contributed by atoms with Gasteiger partial charge in [-0.3, -0.25) is 4.79 Å². The van der Waals surface area contributed by atoms with Crippen LogP contribution in [0.5, 0.6) is 0 Å². The van der Waals surface area contributed by atoms with E-state index in [-0.39, 0.29) is 5.41 Å². The van der Waals surface area contributed by atoms with Crippen molar-refractivity contribution in [1.29, 1.82) is 0 Å². The van der Waals surface area contributed by atoms with Gasteiger partial charge in [0, 0.05) is 25.8 Å². The number of halogens is 1. The average Bonchev–Trinajstić information content (AvgIpc) is 2.97. The molecule has 0 unspecified atom stereocenters. The van der Waals surface area contributed by atoms with Gasteiger partial charge in [0.15, 0.2) is 0 Å². The molecule has 0 aliphatic heterocycles. The van der Waals surface area contributed by atoms with E-state index in [1.165, 1.54) is 16.9 Å². The number of thioether (sulfide) groups is 1. The minimum absolute atomic E-state index is 0.0215. The molecule has 1 aliphatic rings. The van der Waals surface area contributed by atoms with Gasteiger partial charge < -0.3 is 11.5 Å². The summed E-state index contributed by atoms with van der Waals surface area (Å²) in [5.74, 6) is -0.494. The lowest BCUT2D eigenvalue weighted by atomic mass is 9.90. The summed E-state index contributed by atoms with van der Waals surface area (Å²) in [5.41, 5.74) is 15.8. The van der Waals surface area contributed by atoms with Crippen LogP contribution in [0.4, 0.5) is 5.69 Å². The zero-order valence-electron chi connectivity index (χ0n) is 14.1. The van der Waals surface area contributed by atoms with E-state index in [1.807, 2.05) is 6.92 Å². The molecule has 3 rings (SSSR count). The number of primary amides is 1. The second kappa shape index (κ2) is 6.04. The third-order valence-electron chi connectivity index (χ3n) is 4.59. The highest BCUT2D eigenvalue weighted by Gasteiger charge is 2.36. The maximum atomic E-state index is 11.8. The van der Waals surface area contributed by atoms with Crippen LogP contribution in [0.15, 0.2) is 4.48 Å². The van der Waals surface area contributed by atoms with Crippen LogP contribution in [-0.2, 0) is 11.8 Å².